The number of carbonyl (C=O) groups excluding carboxylic acids is 1. The topological polar surface area (TPSA) is 78.0 Å². The molecule has 0 saturated heterocycles. The second kappa shape index (κ2) is 5.87. The predicted octanol–water partition coefficient (Wildman–Crippen LogP) is 3.29. The number of thiophene rings is 1. The first-order chi connectivity index (χ1) is 10.3. The Morgan fingerprint density at radius 2 is 2.18 bits per heavy atom. The van der Waals surface area contributed by atoms with Gasteiger partial charge in [0.2, 0.25) is 5.69 Å². The fourth-order valence-electron chi connectivity index (χ4n) is 1.98. The molecule has 0 radical (unpaired) electrons. The summed E-state index contributed by atoms with van der Waals surface area (Å²) in [5, 5.41) is 14.0. The van der Waals surface area contributed by atoms with Gasteiger partial charge in [0.25, 0.3) is 0 Å². The Bertz CT molecular complexity index is 721. The molecule has 0 fully saturated rings. The summed E-state index contributed by atoms with van der Waals surface area (Å²) in [6.45, 7) is 1.78. The molecule has 0 aliphatic heterocycles. The van der Waals surface area contributed by atoms with Crippen molar-refractivity contribution in [2.75, 3.05) is 0 Å². The van der Waals surface area contributed by atoms with Crippen molar-refractivity contribution in [1.29, 1.82) is 0 Å². The van der Waals surface area contributed by atoms with Gasteiger partial charge in [-0.15, -0.1) is 11.3 Å². The van der Waals surface area contributed by atoms with Crippen LogP contribution in [-0.4, -0.2) is 21.0 Å². The summed E-state index contributed by atoms with van der Waals surface area (Å²) in [7, 11) is 0. The summed E-state index contributed by atoms with van der Waals surface area (Å²) >= 11 is 1.24. The number of nitrogens with zero attached hydrogens (tertiary/aromatic N) is 3. The third-order valence-corrected chi connectivity index (χ3v) is 4.14. The molecule has 6 nitrogen and oxygen atoms in total. The first-order valence-corrected chi connectivity index (χ1v) is 6.93. The monoisotopic (exact) mass is 333 g/mol. The fourth-order valence-corrected chi connectivity index (χ4v) is 2.92. The van der Waals surface area contributed by atoms with Crippen LogP contribution >= 0.6 is 11.3 Å². The highest BCUT2D eigenvalue weighted by Crippen LogP contribution is 2.35. The van der Waals surface area contributed by atoms with E-state index in [-0.39, 0.29) is 6.54 Å². The summed E-state index contributed by atoms with van der Waals surface area (Å²) in [6.07, 6.45) is -2.90. The molecule has 118 valence electrons. The lowest BCUT2D eigenvalue weighted by Crippen LogP contribution is -2.10. The molecule has 2 heterocycles. The second-order valence-corrected chi connectivity index (χ2v) is 5.55. The van der Waals surface area contributed by atoms with Crippen LogP contribution in [0.1, 0.15) is 32.7 Å². The van der Waals surface area contributed by atoms with E-state index < -0.39 is 22.5 Å². The third kappa shape index (κ3) is 3.16. The van der Waals surface area contributed by atoms with Crippen LogP contribution in [0.5, 0.6) is 0 Å². The molecule has 0 bridgehead atoms. The molecule has 2 aromatic heterocycles. The molecule has 2 aromatic rings. The van der Waals surface area contributed by atoms with Crippen molar-refractivity contribution < 1.29 is 22.9 Å². The fraction of sp³-hybridized carbons (Fsp3) is 0.333. The van der Waals surface area contributed by atoms with Crippen LogP contribution in [0, 0.1) is 10.1 Å². The van der Waals surface area contributed by atoms with Crippen molar-refractivity contribution in [3.63, 3.8) is 0 Å². The Labute approximate surface area is 126 Å². The van der Waals surface area contributed by atoms with Crippen LogP contribution in [0.25, 0.3) is 0 Å². The van der Waals surface area contributed by atoms with Crippen LogP contribution < -0.4 is 0 Å². The Kier molecular flexibility index (Phi) is 4.31. The number of rotatable bonds is 5. The number of aromatic nitrogens is 2. The van der Waals surface area contributed by atoms with Gasteiger partial charge < -0.3 is 0 Å². The van der Waals surface area contributed by atoms with Crippen molar-refractivity contribution in [2.45, 2.75) is 26.1 Å². The maximum absolute atomic E-state index is 12.7. The molecular formula is C12H10F3N3O3S. The number of halogens is 3. The summed E-state index contributed by atoms with van der Waals surface area (Å²) in [6, 6.07) is 1.55. The van der Waals surface area contributed by atoms with Gasteiger partial charge in [-0.25, -0.2) is 0 Å². The van der Waals surface area contributed by atoms with Crippen LogP contribution in [-0.2, 0) is 19.1 Å². The van der Waals surface area contributed by atoms with Gasteiger partial charge in [-0.3, -0.25) is 19.6 Å². The van der Waals surface area contributed by atoms with Gasteiger partial charge in [0, 0.05) is 4.88 Å². The van der Waals surface area contributed by atoms with E-state index in [4.69, 9.17) is 0 Å². The van der Waals surface area contributed by atoms with E-state index in [0.717, 1.165) is 15.8 Å². The smallest absolute Gasteiger partial charge is 0.297 e. The van der Waals surface area contributed by atoms with Gasteiger partial charge in [-0.1, -0.05) is 6.92 Å². The quantitative estimate of drug-likeness (QED) is 0.478. The summed E-state index contributed by atoms with van der Waals surface area (Å²) in [5.41, 5.74) is -1.99. The lowest BCUT2D eigenvalue weighted by molar-refractivity contribution is -0.388. The molecule has 10 heteroatoms. The van der Waals surface area contributed by atoms with Gasteiger partial charge >= 0.3 is 11.9 Å². The van der Waals surface area contributed by atoms with Crippen LogP contribution in [0.2, 0.25) is 0 Å². The maximum atomic E-state index is 12.7. The van der Waals surface area contributed by atoms with Gasteiger partial charge in [0.15, 0.2) is 6.29 Å². The van der Waals surface area contributed by atoms with E-state index in [1.54, 1.807) is 6.07 Å². The highest BCUT2D eigenvalue weighted by atomic mass is 32.1. The van der Waals surface area contributed by atoms with E-state index >= 15 is 0 Å². The molecule has 0 aromatic carbocycles. The van der Waals surface area contributed by atoms with Crippen molar-refractivity contribution in [2.24, 2.45) is 0 Å². The molecule has 22 heavy (non-hydrogen) atoms. The predicted molar refractivity (Wildman–Crippen MR) is 72.1 cm³/mol. The van der Waals surface area contributed by atoms with Crippen molar-refractivity contribution in [3.05, 3.63) is 43.4 Å². The molecule has 0 amide bonds. The van der Waals surface area contributed by atoms with Gasteiger partial charge in [0.1, 0.15) is 6.20 Å². The Hall–Kier alpha value is -2.23. The zero-order chi connectivity index (χ0) is 16.5. The second-order valence-electron chi connectivity index (χ2n) is 4.38. The first kappa shape index (κ1) is 16.1. The molecular weight excluding hydrogens is 323 g/mol. The summed E-state index contributed by atoms with van der Waals surface area (Å²) < 4.78 is 39.1. The number of carbonyl (C=O) groups is 1. The maximum Gasteiger partial charge on any atom is 0.442 e. The number of hydrogen-bond acceptors (Lipinski definition) is 5. The molecule has 0 N–H and O–H groups in total. The minimum Gasteiger partial charge on any atom is -0.297 e. The standard InChI is InChI=1S/C12H10F3N3O3S/c1-2-10-7(3-8(6-19)22-10)4-17-5-9(18(20)21)11(16-17)12(13,14)15/h3,5-6H,2,4H2,1H3. The van der Waals surface area contributed by atoms with E-state index in [0.29, 0.717) is 23.1 Å². The number of aldehydes is 1. The van der Waals surface area contributed by atoms with E-state index in [2.05, 4.69) is 5.10 Å². The largest absolute Gasteiger partial charge is 0.442 e. The molecule has 0 aliphatic carbocycles. The molecule has 0 aliphatic rings. The van der Waals surface area contributed by atoms with Crippen molar-refractivity contribution in [1.82, 2.24) is 9.78 Å². The summed E-state index contributed by atoms with van der Waals surface area (Å²) in [5.74, 6) is 0. The molecule has 2 rings (SSSR count). The van der Waals surface area contributed by atoms with Crippen LogP contribution in [0.15, 0.2) is 12.3 Å². The van der Waals surface area contributed by atoms with Gasteiger partial charge in [0.05, 0.1) is 16.3 Å². The summed E-state index contributed by atoms with van der Waals surface area (Å²) in [4.78, 5) is 21.6. The normalized spacial score (nSPS) is 11.6. The Balaban J connectivity index is 2.40. The zero-order valence-electron chi connectivity index (χ0n) is 11.3. The molecule has 0 atom stereocenters. The zero-order valence-corrected chi connectivity index (χ0v) is 12.1. The average molecular weight is 333 g/mol. The van der Waals surface area contributed by atoms with E-state index in [9.17, 15) is 28.1 Å². The minimum absolute atomic E-state index is 0.0650. The SMILES string of the molecule is CCc1sc(C=O)cc1Cn1cc([N+](=O)[O-])c(C(F)(F)F)n1. The molecule has 0 unspecified atom stereocenters. The lowest BCUT2D eigenvalue weighted by Gasteiger charge is -2.02. The lowest BCUT2D eigenvalue weighted by atomic mass is 10.2. The Morgan fingerprint density at radius 3 is 2.64 bits per heavy atom. The highest BCUT2D eigenvalue weighted by Gasteiger charge is 2.42. The minimum atomic E-state index is -4.90. The number of aryl methyl sites for hydroxylation is 1. The van der Waals surface area contributed by atoms with Crippen LogP contribution in [0.3, 0.4) is 0 Å². The van der Waals surface area contributed by atoms with Crippen molar-refractivity contribution in [3.8, 4) is 0 Å². The first-order valence-electron chi connectivity index (χ1n) is 6.12. The molecule has 0 spiro atoms. The van der Waals surface area contributed by atoms with Gasteiger partial charge in [-0.2, -0.15) is 18.3 Å². The van der Waals surface area contributed by atoms with Crippen molar-refractivity contribution >= 4 is 23.3 Å². The van der Waals surface area contributed by atoms with E-state index in [1.165, 1.54) is 11.3 Å². The Morgan fingerprint density at radius 1 is 1.50 bits per heavy atom. The third-order valence-electron chi connectivity index (χ3n) is 2.89. The average Bonchev–Trinajstić information content (AvgIpc) is 3.02. The highest BCUT2D eigenvalue weighted by molar-refractivity contribution is 7.13. The number of hydrogen-bond donors (Lipinski definition) is 0. The number of nitro groups is 1. The number of alkyl halides is 3. The van der Waals surface area contributed by atoms with E-state index in [1.807, 2.05) is 6.92 Å². The van der Waals surface area contributed by atoms with Gasteiger partial charge in [-0.05, 0) is 18.1 Å². The molecule has 0 saturated carbocycles. The van der Waals surface area contributed by atoms with Crippen LogP contribution in [0.4, 0.5) is 18.9 Å².